The SMILES string of the molecule is COC1=C(OC)C(C=CCc2ccccc2O)C(C)(C)C(OC)=C1C(=O)O. The molecule has 146 valence electrons. The van der Waals surface area contributed by atoms with Crippen molar-refractivity contribution in [2.24, 2.45) is 11.3 Å². The van der Waals surface area contributed by atoms with Gasteiger partial charge in [-0.1, -0.05) is 44.2 Å². The molecule has 1 aliphatic rings. The maximum absolute atomic E-state index is 11.8. The molecular weight excluding hydrogens is 348 g/mol. The van der Waals surface area contributed by atoms with Gasteiger partial charge in [-0.2, -0.15) is 0 Å². The first-order valence-corrected chi connectivity index (χ1v) is 8.57. The van der Waals surface area contributed by atoms with Crippen LogP contribution in [-0.2, 0) is 25.4 Å². The second-order valence-corrected chi connectivity index (χ2v) is 6.78. The molecule has 0 bridgehead atoms. The first kappa shape index (κ1) is 20.4. The molecule has 0 aliphatic heterocycles. The average Bonchev–Trinajstić information content (AvgIpc) is 2.63. The van der Waals surface area contributed by atoms with E-state index in [0.29, 0.717) is 17.9 Å². The second-order valence-electron chi connectivity index (χ2n) is 6.78. The van der Waals surface area contributed by atoms with E-state index in [0.717, 1.165) is 5.56 Å². The number of carbonyl (C=O) groups is 1. The molecule has 1 unspecified atom stereocenters. The van der Waals surface area contributed by atoms with Crippen molar-refractivity contribution in [3.8, 4) is 5.75 Å². The Morgan fingerprint density at radius 1 is 1.15 bits per heavy atom. The molecule has 1 atom stereocenters. The van der Waals surface area contributed by atoms with Crippen LogP contribution in [0.3, 0.4) is 0 Å². The Hall–Kier alpha value is -2.89. The molecule has 0 radical (unpaired) electrons. The van der Waals surface area contributed by atoms with Gasteiger partial charge in [-0.05, 0) is 18.1 Å². The number of benzene rings is 1. The van der Waals surface area contributed by atoms with Crippen molar-refractivity contribution in [2.75, 3.05) is 21.3 Å². The number of hydrogen-bond acceptors (Lipinski definition) is 5. The highest BCUT2D eigenvalue weighted by molar-refractivity contribution is 5.92. The molecule has 1 aromatic rings. The molecule has 6 heteroatoms. The smallest absolute Gasteiger partial charge is 0.343 e. The third-order valence-corrected chi connectivity index (χ3v) is 4.82. The van der Waals surface area contributed by atoms with Gasteiger partial charge in [0.25, 0.3) is 0 Å². The summed E-state index contributed by atoms with van der Waals surface area (Å²) in [5.74, 6) is -0.308. The number of methoxy groups -OCH3 is 3. The van der Waals surface area contributed by atoms with E-state index < -0.39 is 11.4 Å². The number of carboxylic acids is 1. The molecule has 0 aromatic heterocycles. The summed E-state index contributed by atoms with van der Waals surface area (Å²) < 4.78 is 16.4. The minimum absolute atomic E-state index is 0.0350. The van der Waals surface area contributed by atoms with Crippen LogP contribution in [-0.4, -0.2) is 37.5 Å². The lowest BCUT2D eigenvalue weighted by atomic mass is 9.70. The molecule has 0 heterocycles. The number of para-hydroxylation sites is 1. The Morgan fingerprint density at radius 2 is 1.81 bits per heavy atom. The maximum Gasteiger partial charge on any atom is 0.343 e. The lowest BCUT2D eigenvalue weighted by molar-refractivity contribution is -0.133. The summed E-state index contributed by atoms with van der Waals surface area (Å²) >= 11 is 0. The summed E-state index contributed by atoms with van der Waals surface area (Å²) in [7, 11) is 4.35. The Balaban J connectivity index is 2.49. The maximum atomic E-state index is 11.8. The van der Waals surface area contributed by atoms with E-state index >= 15 is 0 Å². The molecule has 2 N–H and O–H groups in total. The van der Waals surface area contributed by atoms with Crippen molar-refractivity contribution in [1.29, 1.82) is 0 Å². The van der Waals surface area contributed by atoms with Crippen molar-refractivity contribution >= 4 is 5.97 Å². The van der Waals surface area contributed by atoms with Crippen LogP contribution < -0.4 is 0 Å². The molecule has 0 amide bonds. The number of aromatic hydroxyl groups is 1. The van der Waals surface area contributed by atoms with Crippen molar-refractivity contribution in [2.45, 2.75) is 20.3 Å². The van der Waals surface area contributed by atoms with E-state index in [9.17, 15) is 15.0 Å². The normalized spacial score (nSPS) is 19.4. The van der Waals surface area contributed by atoms with Gasteiger partial charge in [0, 0.05) is 5.41 Å². The first-order chi connectivity index (χ1) is 12.8. The number of phenols is 1. The number of carboxylic acid groups (broad SMARTS) is 1. The van der Waals surface area contributed by atoms with Gasteiger partial charge in [-0.25, -0.2) is 4.79 Å². The quantitative estimate of drug-likeness (QED) is 0.709. The van der Waals surface area contributed by atoms with Gasteiger partial charge in [0.05, 0.1) is 27.2 Å². The standard InChI is InChI=1S/C21H26O6/c1-21(2)14(11-8-10-13-9-6-7-12-15(13)22)17(25-3)18(26-4)16(20(23)24)19(21)27-5/h6-9,11-12,14,22H,10H2,1-5H3,(H,23,24). The van der Waals surface area contributed by atoms with Gasteiger partial charge in [0.1, 0.15) is 22.8 Å². The Morgan fingerprint density at radius 3 is 2.33 bits per heavy atom. The number of hydrogen-bond donors (Lipinski definition) is 2. The van der Waals surface area contributed by atoms with E-state index in [1.807, 2.05) is 38.1 Å². The summed E-state index contributed by atoms with van der Waals surface area (Å²) in [6.45, 7) is 3.80. The third-order valence-electron chi connectivity index (χ3n) is 4.82. The van der Waals surface area contributed by atoms with Crippen LogP contribution in [0.1, 0.15) is 19.4 Å². The third kappa shape index (κ3) is 3.79. The lowest BCUT2D eigenvalue weighted by Gasteiger charge is -2.39. The average molecular weight is 374 g/mol. The molecule has 0 saturated heterocycles. The summed E-state index contributed by atoms with van der Waals surface area (Å²) in [5.41, 5.74) is 0.0867. The zero-order chi connectivity index (χ0) is 20.2. The Bertz CT molecular complexity index is 801. The number of ether oxygens (including phenoxy) is 3. The van der Waals surface area contributed by atoms with E-state index in [-0.39, 0.29) is 23.0 Å². The fourth-order valence-corrected chi connectivity index (χ4v) is 3.48. The lowest BCUT2D eigenvalue weighted by Crippen LogP contribution is -2.36. The van der Waals surface area contributed by atoms with Gasteiger partial charge < -0.3 is 24.4 Å². The number of aliphatic carboxylic acids is 1. The molecule has 0 fully saturated rings. The molecule has 1 aliphatic carbocycles. The highest BCUT2D eigenvalue weighted by Crippen LogP contribution is 2.48. The minimum atomic E-state index is -1.14. The van der Waals surface area contributed by atoms with E-state index in [1.165, 1.54) is 21.3 Å². The molecule has 2 rings (SSSR count). The van der Waals surface area contributed by atoms with Crippen LogP contribution >= 0.6 is 0 Å². The minimum Gasteiger partial charge on any atom is -0.508 e. The molecule has 0 spiro atoms. The predicted octanol–water partition coefficient (Wildman–Crippen LogP) is 3.64. The fourth-order valence-electron chi connectivity index (χ4n) is 3.48. The number of phenolic OH excluding ortho intramolecular Hbond substituents is 1. The van der Waals surface area contributed by atoms with Crippen LogP contribution in [0.4, 0.5) is 0 Å². The van der Waals surface area contributed by atoms with Crippen molar-refractivity contribution in [1.82, 2.24) is 0 Å². The summed E-state index contributed by atoms with van der Waals surface area (Å²) in [6, 6.07) is 7.12. The largest absolute Gasteiger partial charge is 0.508 e. The van der Waals surface area contributed by atoms with Gasteiger partial charge in [-0.3, -0.25) is 0 Å². The Kier molecular flexibility index (Phi) is 6.20. The monoisotopic (exact) mass is 374 g/mol. The summed E-state index contributed by atoms with van der Waals surface area (Å²) in [6.07, 6.45) is 4.38. The number of allylic oxidation sites excluding steroid dienone is 3. The second kappa shape index (κ2) is 8.20. The van der Waals surface area contributed by atoms with Crippen molar-refractivity contribution < 1.29 is 29.2 Å². The zero-order valence-electron chi connectivity index (χ0n) is 16.3. The number of rotatable bonds is 7. The highest BCUT2D eigenvalue weighted by atomic mass is 16.5. The topological polar surface area (TPSA) is 85.2 Å². The molecule has 6 nitrogen and oxygen atoms in total. The molecule has 27 heavy (non-hydrogen) atoms. The molecule has 1 aromatic carbocycles. The van der Waals surface area contributed by atoms with E-state index in [4.69, 9.17) is 14.2 Å². The summed E-state index contributed by atoms with van der Waals surface area (Å²) in [4.78, 5) is 11.8. The predicted molar refractivity (Wildman–Crippen MR) is 101 cm³/mol. The van der Waals surface area contributed by atoms with Crippen molar-refractivity contribution in [3.05, 3.63) is 64.8 Å². The Labute approximate surface area is 159 Å². The van der Waals surface area contributed by atoms with Crippen LogP contribution in [0.15, 0.2) is 59.3 Å². The van der Waals surface area contributed by atoms with Crippen LogP contribution in [0, 0.1) is 11.3 Å². The molecular formula is C21H26O6. The van der Waals surface area contributed by atoms with E-state index in [2.05, 4.69) is 0 Å². The van der Waals surface area contributed by atoms with Crippen LogP contribution in [0.5, 0.6) is 5.75 Å². The van der Waals surface area contributed by atoms with Gasteiger partial charge >= 0.3 is 5.97 Å². The van der Waals surface area contributed by atoms with Gasteiger partial charge in [0.15, 0.2) is 5.76 Å². The highest BCUT2D eigenvalue weighted by Gasteiger charge is 2.46. The van der Waals surface area contributed by atoms with Crippen LogP contribution in [0.25, 0.3) is 0 Å². The van der Waals surface area contributed by atoms with E-state index in [1.54, 1.807) is 12.1 Å². The van der Waals surface area contributed by atoms with Crippen molar-refractivity contribution in [3.63, 3.8) is 0 Å². The zero-order valence-corrected chi connectivity index (χ0v) is 16.3. The first-order valence-electron chi connectivity index (χ1n) is 8.57. The molecule has 0 saturated carbocycles. The fraction of sp³-hybridized carbons (Fsp3) is 0.381. The summed E-state index contributed by atoms with van der Waals surface area (Å²) in [5, 5.41) is 19.6. The van der Waals surface area contributed by atoms with Gasteiger partial charge in [0.2, 0.25) is 0 Å². The van der Waals surface area contributed by atoms with Crippen LogP contribution in [0.2, 0.25) is 0 Å². The van der Waals surface area contributed by atoms with Gasteiger partial charge in [-0.15, -0.1) is 0 Å².